The number of aryl methyl sites for hydroxylation is 1. The number of rotatable bonds is 4. The van der Waals surface area contributed by atoms with E-state index in [1.807, 2.05) is 11.8 Å². The molecule has 1 aromatic rings. The van der Waals surface area contributed by atoms with Crippen LogP contribution in [0, 0.1) is 6.92 Å². The lowest BCUT2D eigenvalue weighted by molar-refractivity contribution is 0.477. The molecule has 2 heterocycles. The molecular formula is C11H18N2O3S2. The van der Waals surface area contributed by atoms with Crippen molar-refractivity contribution in [1.29, 1.82) is 0 Å². The van der Waals surface area contributed by atoms with E-state index in [0.29, 0.717) is 11.5 Å². The van der Waals surface area contributed by atoms with Gasteiger partial charge in [0.15, 0.2) is 0 Å². The molecule has 0 spiro atoms. The van der Waals surface area contributed by atoms with Gasteiger partial charge in [-0.1, -0.05) is 0 Å². The van der Waals surface area contributed by atoms with Gasteiger partial charge in [0.1, 0.15) is 16.4 Å². The van der Waals surface area contributed by atoms with Gasteiger partial charge < -0.3 is 10.2 Å². The fraction of sp³-hybridized carbons (Fsp3) is 0.636. The van der Waals surface area contributed by atoms with Crippen LogP contribution in [0.1, 0.15) is 24.4 Å². The van der Waals surface area contributed by atoms with Crippen LogP contribution in [-0.4, -0.2) is 26.0 Å². The maximum atomic E-state index is 12.2. The highest BCUT2D eigenvalue weighted by molar-refractivity contribution is 7.99. The molecule has 0 amide bonds. The lowest BCUT2D eigenvalue weighted by atomic mass is 10.2. The first-order valence-corrected chi connectivity index (χ1v) is 8.56. The van der Waals surface area contributed by atoms with E-state index >= 15 is 0 Å². The van der Waals surface area contributed by atoms with Crippen LogP contribution in [0.2, 0.25) is 0 Å². The van der Waals surface area contributed by atoms with Crippen molar-refractivity contribution in [2.24, 2.45) is 5.73 Å². The second kappa shape index (κ2) is 5.64. The van der Waals surface area contributed by atoms with Crippen molar-refractivity contribution in [3.63, 3.8) is 0 Å². The fourth-order valence-electron chi connectivity index (χ4n) is 1.99. The fourth-order valence-corrected chi connectivity index (χ4v) is 4.60. The minimum absolute atomic E-state index is 0.0341. The summed E-state index contributed by atoms with van der Waals surface area (Å²) < 4.78 is 32.5. The molecule has 7 heteroatoms. The highest BCUT2D eigenvalue weighted by Gasteiger charge is 2.25. The van der Waals surface area contributed by atoms with Crippen LogP contribution in [0.15, 0.2) is 15.4 Å². The van der Waals surface area contributed by atoms with Crippen molar-refractivity contribution in [3.8, 4) is 0 Å². The molecule has 1 saturated heterocycles. The van der Waals surface area contributed by atoms with E-state index in [2.05, 4.69) is 4.72 Å². The Bertz CT molecular complexity index is 504. The van der Waals surface area contributed by atoms with Crippen molar-refractivity contribution in [3.05, 3.63) is 17.6 Å². The van der Waals surface area contributed by atoms with Gasteiger partial charge in [-0.2, -0.15) is 11.8 Å². The van der Waals surface area contributed by atoms with E-state index in [9.17, 15) is 8.42 Å². The van der Waals surface area contributed by atoms with Crippen molar-refractivity contribution in [2.45, 2.75) is 37.2 Å². The molecule has 1 aliphatic heterocycles. The van der Waals surface area contributed by atoms with Gasteiger partial charge in [0.05, 0.1) is 6.54 Å². The standard InChI is InChI=1S/C11H18N2O3S2/c1-8-11(6-10(7-12)16-8)18(14,15)13-9-2-4-17-5-3-9/h6,9,13H,2-5,7,12H2,1H3. The Labute approximate surface area is 112 Å². The van der Waals surface area contributed by atoms with E-state index in [4.69, 9.17) is 10.2 Å². The zero-order valence-electron chi connectivity index (χ0n) is 10.3. The summed E-state index contributed by atoms with van der Waals surface area (Å²) in [7, 11) is -3.49. The molecule has 102 valence electrons. The Balaban J connectivity index is 2.16. The molecule has 2 rings (SSSR count). The number of thioether (sulfide) groups is 1. The third-order valence-corrected chi connectivity index (χ3v) is 5.63. The summed E-state index contributed by atoms with van der Waals surface area (Å²) in [6, 6.07) is 1.54. The van der Waals surface area contributed by atoms with E-state index in [0.717, 1.165) is 24.3 Å². The molecule has 0 radical (unpaired) electrons. The monoisotopic (exact) mass is 290 g/mol. The zero-order chi connectivity index (χ0) is 13.2. The van der Waals surface area contributed by atoms with Crippen LogP contribution in [0.5, 0.6) is 0 Å². The molecule has 1 fully saturated rings. The molecule has 0 saturated carbocycles. The Hall–Kier alpha value is -0.500. The molecule has 0 aromatic carbocycles. The maximum absolute atomic E-state index is 12.2. The number of furan rings is 1. The van der Waals surface area contributed by atoms with E-state index < -0.39 is 10.0 Å². The van der Waals surface area contributed by atoms with Crippen LogP contribution in [0.25, 0.3) is 0 Å². The maximum Gasteiger partial charge on any atom is 0.244 e. The summed E-state index contributed by atoms with van der Waals surface area (Å²) in [5, 5.41) is 0. The van der Waals surface area contributed by atoms with Gasteiger partial charge in [-0.25, -0.2) is 13.1 Å². The lowest BCUT2D eigenvalue weighted by Crippen LogP contribution is -2.37. The number of sulfonamides is 1. The highest BCUT2D eigenvalue weighted by atomic mass is 32.2. The minimum atomic E-state index is -3.49. The number of nitrogens with two attached hydrogens (primary N) is 1. The Morgan fingerprint density at radius 2 is 2.17 bits per heavy atom. The summed E-state index contributed by atoms with van der Waals surface area (Å²) in [5.41, 5.74) is 5.45. The highest BCUT2D eigenvalue weighted by Crippen LogP contribution is 2.23. The Morgan fingerprint density at radius 1 is 1.50 bits per heavy atom. The molecule has 3 N–H and O–H groups in total. The molecule has 0 unspecified atom stereocenters. The van der Waals surface area contributed by atoms with Gasteiger partial charge in [-0.15, -0.1) is 0 Å². The topological polar surface area (TPSA) is 85.3 Å². The first-order valence-electron chi connectivity index (χ1n) is 5.92. The summed E-state index contributed by atoms with van der Waals surface area (Å²) >= 11 is 1.86. The number of nitrogens with one attached hydrogen (secondary N) is 1. The van der Waals surface area contributed by atoms with Crippen LogP contribution in [0.4, 0.5) is 0 Å². The van der Waals surface area contributed by atoms with Gasteiger partial charge >= 0.3 is 0 Å². The normalized spacial score (nSPS) is 18.1. The first-order chi connectivity index (χ1) is 8.53. The molecular weight excluding hydrogens is 272 g/mol. The third kappa shape index (κ3) is 3.09. The molecule has 5 nitrogen and oxygen atoms in total. The SMILES string of the molecule is Cc1oc(CN)cc1S(=O)(=O)NC1CCSCC1. The summed E-state index contributed by atoms with van der Waals surface area (Å²) in [4.78, 5) is 0.209. The van der Waals surface area contributed by atoms with Gasteiger partial charge in [0.2, 0.25) is 10.0 Å². The largest absolute Gasteiger partial charge is 0.464 e. The van der Waals surface area contributed by atoms with Gasteiger partial charge in [-0.3, -0.25) is 0 Å². The van der Waals surface area contributed by atoms with Crippen LogP contribution in [0.3, 0.4) is 0 Å². The van der Waals surface area contributed by atoms with E-state index in [-0.39, 0.29) is 17.5 Å². The second-order valence-electron chi connectivity index (χ2n) is 4.35. The van der Waals surface area contributed by atoms with E-state index in [1.54, 1.807) is 6.92 Å². The van der Waals surface area contributed by atoms with Crippen LogP contribution < -0.4 is 10.5 Å². The Morgan fingerprint density at radius 3 is 2.72 bits per heavy atom. The summed E-state index contributed by atoms with van der Waals surface area (Å²) in [6.45, 7) is 1.85. The smallest absolute Gasteiger partial charge is 0.244 e. The quantitative estimate of drug-likeness (QED) is 0.871. The van der Waals surface area contributed by atoms with E-state index in [1.165, 1.54) is 6.07 Å². The first kappa shape index (κ1) is 13.9. The second-order valence-corrected chi connectivity index (χ2v) is 7.25. The van der Waals surface area contributed by atoms with Crippen molar-refractivity contribution >= 4 is 21.8 Å². The third-order valence-electron chi connectivity index (χ3n) is 2.96. The predicted molar refractivity (Wildman–Crippen MR) is 72.0 cm³/mol. The van der Waals surface area contributed by atoms with Crippen molar-refractivity contribution in [1.82, 2.24) is 4.72 Å². The predicted octanol–water partition coefficient (Wildman–Crippen LogP) is 1.22. The molecule has 0 atom stereocenters. The molecule has 1 aliphatic rings. The summed E-state index contributed by atoms with van der Waals surface area (Å²) in [6.07, 6.45) is 1.76. The number of hydrogen-bond donors (Lipinski definition) is 2. The number of hydrogen-bond acceptors (Lipinski definition) is 5. The van der Waals surface area contributed by atoms with Gasteiger partial charge in [0, 0.05) is 12.1 Å². The van der Waals surface area contributed by atoms with Gasteiger partial charge in [-0.05, 0) is 31.3 Å². The molecule has 18 heavy (non-hydrogen) atoms. The lowest BCUT2D eigenvalue weighted by Gasteiger charge is -2.22. The average Bonchev–Trinajstić information content (AvgIpc) is 2.72. The Kier molecular flexibility index (Phi) is 4.37. The van der Waals surface area contributed by atoms with Crippen molar-refractivity contribution in [2.75, 3.05) is 11.5 Å². The van der Waals surface area contributed by atoms with Crippen LogP contribution >= 0.6 is 11.8 Å². The van der Waals surface area contributed by atoms with Crippen LogP contribution in [-0.2, 0) is 16.6 Å². The molecule has 0 aliphatic carbocycles. The molecule has 1 aromatic heterocycles. The minimum Gasteiger partial charge on any atom is -0.464 e. The van der Waals surface area contributed by atoms with Gasteiger partial charge in [0.25, 0.3) is 0 Å². The average molecular weight is 290 g/mol. The molecule has 0 bridgehead atoms. The zero-order valence-corrected chi connectivity index (χ0v) is 11.9. The summed E-state index contributed by atoms with van der Waals surface area (Å²) in [5.74, 6) is 2.90. The van der Waals surface area contributed by atoms with Crippen molar-refractivity contribution < 1.29 is 12.8 Å².